The smallest absolute Gasteiger partial charge is 0.216 e. The molecule has 7 nitrogen and oxygen atoms in total. The Kier molecular flexibility index (Phi) is 7.95. The SMILES string of the molecule is CCNC(=NCCCc1ccc(Cl)cc1Cl)NCCc1nc(-c2ccco2)n[nH]1. The molecule has 0 aliphatic rings. The largest absolute Gasteiger partial charge is 0.461 e. The molecular formula is C20H24Cl2N6O. The molecule has 0 amide bonds. The van der Waals surface area contributed by atoms with Crippen molar-refractivity contribution in [2.45, 2.75) is 26.2 Å². The van der Waals surface area contributed by atoms with Crippen LogP contribution in [0.5, 0.6) is 0 Å². The first kappa shape index (κ1) is 21.2. The van der Waals surface area contributed by atoms with Gasteiger partial charge in [-0.05, 0) is 49.6 Å². The first-order valence-corrected chi connectivity index (χ1v) is 10.3. The summed E-state index contributed by atoms with van der Waals surface area (Å²) in [6, 6.07) is 9.24. The molecule has 0 bridgehead atoms. The summed E-state index contributed by atoms with van der Waals surface area (Å²) in [6.07, 6.45) is 4.05. The molecule has 0 atom stereocenters. The van der Waals surface area contributed by atoms with E-state index in [2.05, 4.69) is 30.8 Å². The third-order valence-corrected chi connectivity index (χ3v) is 4.75. The second-order valence-corrected chi connectivity index (χ2v) is 7.20. The molecule has 3 rings (SSSR count). The summed E-state index contributed by atoms with van der Waals surface area (Å²) in [5.41, 5.74) is 1.09. The molecule has 1 aromatic carbocycles. The first-order valence-electron chi connectivity index (χ1n) is 9.57. The molecule has 0 saturated carbocycles. The van der Waals surface area contributed by atoms with Crippen LogP contribution in [0.15, 0.2) is 46.0 Å². The van der Waals surface area contributed by atoms with Gasteiger partial charge in [0, 0.05) is 36.1 Å². The number of aromatic amines is 1. The molecule has 9 heteroatoms. The molecule has 0 aliphatic heterocycles. The molecule has 0 aliphatic carbocycles. The summed E-state index contributed by atoms with van der Waals surface area (Å²) in [5.74, 6) is 2.78. The zero-order valence-electron chi connectivity index (χ0n) is 16.2. The standard InChI is InChI=1S/C20H24Cl2N6O/c1-2-23-20(24-10-3-5-14-7-8-15(21)13-16(14)22)25-11-9-18-26-19(28-27-18)17-6-4-12-29-17/h4,6-8,12-13H,2-3,5,9-11H2,1H3,(H2,23,24,25)(H,26,27,28). The summed E-state index contributed by atoms with van der Waals surface area (Å²) in [6.45, 7) is 4.21. The fourth-order valence-corrected chi connectivity index (χ4v) is 3.25. The third kappa shape index (κ3) is 6.51. The molecule has 0 spiro atoms. The zero-order valence-corrected chi connectivity index (χ0v) is 17.7. The zero-order chi connectivity index (χ0) is 20.5. The molecule has 3 N–H and O–H groups in total. The number of hydrogen-bond donors (Lipinski definition) is 3. The number of furan rings is 1. The van der Waals surface area contributed by atoms with Crippen molar-refractivity contribution in [1.29, 1.82) is 0 Å². The summed E-state index contributed by atoms with van der Waals surface area (Å²) in [5, 5.41) is 15.0. The van der Waals surface area contributed by atoms with E-state index in [-0.39, 0.29) is 0 Å². The molecule has 0 saturated heterocycles. The molecule has 154 valence electrons. The van der Waals surface area contributed by atoms with E-state index in [4.69, 9.17) is 27.6 Å². The molecule has 0 unspecified atom stereocenters. The predicted octanol–water partition coefficient (Wildman–Crippen LogP) is 4.10. The molecule has 2 aromatic heterocycles. The Bertz CT molecular complexity index is 923. The topological polar surface area (TPSA) is 91.1 Å². The Morgan fingerprint density at radius 1 is 1.21 bits per heavy atom. The van der Waals surface area contributed by atoms with Gasteiger partial charge in [-0.1, -0.05) is 29.3 Å². The van der Waals surface area contributed by atoms with Crippen molar-refractivity contribution in [3.63, 3.8) is 0 Å². The van der Waals surface area contributed by atoms with Crippen molar-refractivity contribution < 1.29 is 4.42 Å². The average Bonchev–Trinajstić information content (AvgIpc) is 3.38. The molecular weight excluding hydrogens is 411 g/mol. The molecule has 3 aromatic rings. The van der Waals surface area contributed by atoms with Crippen molar-refractivity contribution >= 4 is 29.2 Å². The van der Waals surface area contributed by atoms with Gasteiger partial charge in [-0.3, -0.25) is 10.1 Å². The van der Waals surface area contributed by atoms with Crippen LogP contribution in [0, 0.1) is 0 Å². The Morgan fingerprint density at radius 2 is 2.10 bits per heavy atom. The van der Waals surface area contributed by atoms with E-state index in [0.717, 1.165) is 36.7 Å². The lowest BCUT2D eigenvalue weighted by Gasteiger charge is -2.10. The normalized spacial score (nSPS) is 11.6. The Balaban J connectivity index is 1.44. The van der Waals surface area contributed by atoms with Gasteiger partial charge in [0.15, 0.2) is 11.7 Å². The van der Waals surface area contributed by atoms with E-state index in [9.17, 15) is 0 Å². The summed E-state index contributed by atoms with van der Waals surface area (Å²) >= 11 is 12.2. The van der Waals surface area contributed by atoms with Crippen LogP contribution in [-0.2, 0) is 12.8 Å². The van der Waals surface area contributed by atoms with Crippen molar-refractivity contribution in [1.82, 2.24) is 25.8 Å². The minimum atomic E-state index is 0.562. The fourth-order valence-electron chi connectivity index (χ4n) is 2.75. The van der Waals surface area contributed by atoms with Crippen LogP contribution < -0.4 is 10.6 Å². The summed E-state index contributed by atoms with van der Waals surface area (Å²) < 4.78 is 5.30. The van der Waals surface area contributed by atoms with Crippen LogP contribution in [-0.4, -0.2) is 40.8 Å². The molecule has 29 heavy (non-hydrogen) atoms. The number of aliphatic imine (C=N–C) groups is 1. The van der Waals surface area contributed by atoms with Crippen LogP contribution in [0.4, 0.5) is 0 Å². The minimum absolute atomic E-state index is 0.562. The Labute approximate surface area is 179 Å². The van der Waals surface area contributed by atoms with Gasteiger partial charge in [0.05, 0.1) is 6.26 Å². The fraction of sp³-hybridized carbons (Fsp3) is 0.350. The van der Waals surface area contributed by atoms with Gasteiger partial charge in [0.1, 0.15) is 5.82 Å². The van der Waals surface area contributed by atoms with E-state index >= 15 is 0 Å². The maximum absolute atomic E-state index is 6.22. The van der Waals surface area contributed by atoms with Crippen LogP contribution in [0.1, 0.15) is 24.7 Å². The molecule has 0 fully saturated rings. The quantitative estimate of drug-likeness (QED) is 0.267. The number of aromatic nitrogens is 3. The van der Waals surface area contributed by atoms with Crippen molar-refractivity contribution in [3.05, 3.63) is 58.0 Å². The van der Waals surface area contributed by atoms with Crippen molar-refractivity contribution in [2.75, 3.05) is 19.6 Å². The number of guanidine groups is 1. The maximum Gasteiger partial charge on any atom is 0.216 e. The highest BCUT2D eigenvalue weighted by Gasteiger charge is 2.08. The van der Waals surface area contributed by atoms with E-state index in [1.54, 1.807) is 12.3 Å². The molecule has 2 heterocycles. The van der Waals surface area contributed by atoms with Gasteiger partial charge in [0.2, 0.25) is 5.82 Å². The van der Waals surface area contributed by atoms with Gasteiger partial charge >= 0.3 is 0 Å². The second kappa shape index (κ2) is 10.9. The highest BCUT2D eigenvalue weighted by atomic mass is 35.5. The number of nitrogens with zero attached hydrogens (tertiary/aromatic N) is 3. The lowest BCUT2D eigenvalue weighted by atomic mass is 10.1. The van der Waals surface area contributed by atoms with E-state index < -0.39 is 0 Å². The van der Waals surface area contributed by atoms with Gasteiger partial charge in [0.25, 0.3) is 0 Å². The van der Waals surface area contributed by atoms with E-state index in [1.165, 1.54) is 0 Å². The van der Waals surface area contributed by atoms with Crippen LogP contribution in [0.3, 0.4) is 0 Å². The first-order chi connectivity index (χ1) is 14.2. The van der Waals surface area contributed by atoms with E-state index in [0.29, 0.717) is 41.1 Å². The number of halogens is 2. The Morgan fingerprint density at radius 3 is 2.86 bits per heavy atom. The van der Waals surface area contributed by atoms with Crippen LogP contribution >= 0.6 is 23.2 Å². The van der Waals surface area contributed by atoms with Gasteiger partial charge in [-0.15, -0.1) is 0 Å². The van der Waals surface area contributed by atoms with Crippen LogP contribution in [0.2, 0.25) is 10.0 Å². The number of nitrogens with one attached hydrogen (secondary N) is 3. The van der Waals surface area contributed by atoms with Crippen molar-refractivity contribution in [2.24, 2.45) is 4.99 Å². The highest BCUT2D eigenvalue weighted by molar-refractivity contribution is 6.35. The lowest BCUT2D eigenvalue weighted by molar-refractivity contribution is 0.577. The third-order valence-electron chi connectivity index (χ3n) is 4.16. The van der Waals surface area contributed by atoms with Gasteiger partial charge in [-0.25, -0.2) is 4.98 Å². The highest BCUT2D eigenvalue weighted by Crippen LogP contribution is 2.22. The Hall–Kier alpha value is -2.51. The van der Waals surface area contributed by atoms with Gasteiger partial charge < -0.3 is 15.1 Å². The van der Waals surface area contributed by atoms with E-state index in [1.807, 2.05) is 31.2 Å². The number of aryl methyl sites for hydroxylation is 1. The lowest BCUT2D eigenvalue weighted by Crippen LogP contribution is -2.38. The monoisotopic (exact) mass is 434 g/mol. The number of rotatable bonds is 9. The number of hydrogen-bond acceptors (Lipinski definition) is 4. The predicted molar refractivity (Wildman–Crippen MR) is 117 cm³/mol. The number of benzene rings is 1. The minimum Gasteiger partial charge on any atom is -0.461 e. The summed E-state index contributed by atoms with van der Waals surface area (Å²) in [4.78, 5) is 9.05. The molecule has 0 radical (unpaired) electrons. The maximum atomic E-state index is 6.22. The van der Waals surface area contributed by atoms with Crippen LogP contribution in [0.25, 0.3) is 11.6 Å². The summed E-state index contributed by atoms with van der Waals surface area (Å²) in [7, 11) is 0. The second-order valence-electron chi connectivity index (χ2n) is 6.36. The van der Waals surface area contributed by atoms with Gasteiger partial charge in [-0.2, -0.15) is 5.10 Å². The number of H-pyrrole nitrogens is 1. The average molecular weight is 435 g/mol. The van der Waals surface area contributed by atoms with Crippen molar-refractivity contribution in [3.8, 4) is 11.6 Å².